The molecule has 0 radical (unpaired) electrons. The molecule has 28 heavy (non-hydrogen) atoms. The molecule has 0 atom stereocenters. The highest BCUT2D eigenvalue weighted by Gasteiger charge is 2.21. The van der Waals surface area contributed by atoms with E-state index in [2.05, 4.69) is 10.3 Å². The van der Waals surface area contributed by atoms with Gasteiger partial charge in [-0.2, -0.15) is 0 Å². The first-order valence-corrected chi connectivity index (χ1v) is 11.1. The van der Waals surface area contributed by atoms with E-state index in [1.165, 1.54) is 23.5 Å². The molecule has 1 aromatic carbocycles. The monoisotopic (exact) mass is 419 g/mol. The van der Waals surface area contributed by atoms with Crippen LogP contribution in [0.2, 0.25) is 0 Å². The summed E-state index contributed by atoms with van der Waals surface area (Å²) in [7, 11) is -3.85. The Kier molecular flexibility index (Phi) is 6.28. The maximum absolute atomic E-state index is 12.4. The summed E-state index contributed by atoms with van der Waals surface area (Å²) in [6.45, 7) is 2.71. The number of aryl methyl sites for hydroxylation is 1. The lowest BCUT2D eigenvalue weighted by Crippen LogP contribution is -2.43. The van der Waals surface area contributed by atoms with Gasteiger partial charge in [-0.25, -0.2) is 8.42 Å². The number of hydrogen-bond donors (Lipinski definition) is 2. The average Bonchev–Trinajstić information content (AvgIpc) is 3.22. The normalized spacial score (nSPS) is 14.5. The highest BCUT2D eigenvalue weighted by atomic mass is 32.2. The van der Waals surface area contributed by atoms with Crippen molar-refractivity contribution in [3.63, 3.8) is 0 Å². The molecule has 3 rings (SSSR count). The van der Waals surface area contributed by atoms with E-state index in [0.717, 1.165) is 5.56 Å². The number of Topliss-reactive ketones (excluding diaryl/α,β-unsaturated/α-hetero) is 1. The second kappa shape index (κ2) is 8.68. The van der Waals surface area contributed by atoms with E-state index in [-0.39, 0.29) is 17.2 Å². The van der Waals surface area contributed by atoms with Crippen molar-refractivity contribution in [3.05, 3.63) is 64.0 Å². The fourth-order valence-corrected chi connectivity index (χ4v) is 4.28. The standard InChI is InChI=1S/C19H21N3O4S2/c1-14-6-8-16(9-7-14)28(25,26)21-20-19(24)15-4-2-10-22(12-15)13-17(23)18-5-3-11-27-18/h3,5-9,11-12,21H,2,4,10,13H2,1H3,(H,20,24). The lowest BCUT2D eigenvalue weighted by Gasteiger charge is -2.25. The second-order valence-electron chi connectivity index (χ2n) is 6.50. The van der Waals surface area contributed by atoms with Gasteiger partial charge in [0, 0.05) is 18.3 Å². The second-order valence-corrected chi connectivity index (χ2v) is 9.13. The van der Waals surface area contributed by atoms with Gasteiger partial charge < -0.3 is 4.90 Å². The van der Waals surface area contributed by atoms with E-state index in [4.69, 9.17) is 0 Å². The summed E-state index contributed by atoms with van der Waals surface area (Å²) in [5, 5.41) is 1.85. The van der Waals surface area contributed by atoms with Crippen molar-refractivity contribution in [2.24, 2.45) is 0 Å². The van der Waals surface area contributed by atoms with Crippen LogP contribution in [0.25, 0.3) is 0 Å². The molecule has 1 aromatic heterocycles. The van der Waals surface area contributed by atoms with Crippen molar-refractivity contribution < 1.29 is 18.0 Å². The van der Waals surface area contributed by atoms with Crippen LogP contribution in [0.4, 0.5) is 0 Å². The van der Waals surface area contributed by atoms with Crippen molar-refractivity contribution in [3.8, 4) is 0 Å². The zero-order chi connectivity index (χ0) is 20.1. The smallest absolute Gasteiger partial charge is 0.263 e. The Morgan fingerprint density at radius 1 is 1.18 bits per heavy atom. The molecule has 1 aliphatic heterocycles. The lowest BCUT2D eigenvalue weighted by atomic mass is 10.1. The van der Waals surface area contributed by atoms with E-state index in [1.807, 2.05) is 18.4 Å². The number of hydrazine groups is 1. The van der Waals surface area contributed by atoms with Crippen LogP contribution in [0.15, 0.2) is 58.4 Å². The highest BCUT2D eigenvalue weighted by Crippen LogP contribution is 2.17. The lowest BCUT2D eigenvalue weighted by molar-refractivity contribution is -0.118. The van der Waals surface area contributed by atoms with Crippen LogP contribution >= 0.6 is 11.3 Å². The van der Waals surface area contributed by atoms with Crippen LogP contribution < -0.4 is 10.3 Å². The molecule has 2 N–H and O–H groups in total. The number of benzene rings is 1. The minimum atomic E-state index is -3.85. The van der Waals surface area contributed by atoms with Crippen molar-refractivity contribution in [2.45, 2.75) is 24.7 Å². The minimum absolute atomic E-state index is 0.00650. The number of nitrogens with zero attached hydrogens (tertiary/aromatic N) is 1. The maximum atomic E-state index is 12.4. The van der Waals surface area contributed by atoms with Gasteiger partial charge in [0.2, 0.25) is 0 Å². The number of sulfonamides is 1. The first-order chi connectivity index (χ1) is 13.3. The Morgan fingerprint density at radius 3 is 2.61 bits per heavy atom. The van der Waals surface area contributed by atoms with Crippen molar-refractivity contribution >= 4 is 33.1 Å². The van der Waals surface area contributed by atoms with Gasteiger partial charge in [-0.05, 0) is 43.3 Å². The molecular formula is C19H21N3O4S2. The summed E-state index contributed by atoms with van der Waals surface area (Å²) in [6, 6.07) is 9.91. The Hall–Kier alpha value is -2.49. The van der Waals surface area contributed by atoms with E-state index >= 15 is 0 Å². The number of rotatable bonds is 7. The molecule has 1 aliphatic rings. The van der Waals surface area contributed by atoms with E-state index in [1.54, 1.807) is 29.3 Å². The van der Waals surface area contributed by atoms with Gasteiger partial charge in [0.25, 0.3) is 15.9 Å². The third-order valence-corrected chi connectivity index (χ3v) is 6.47. The summed E-state index contributed by atoms with van der Waals surface area (Å²) in [4.78, 5) is 29.3. The molecule has 0 spiro atoms. The first kappa shape index (κ1) is 20.2. The highest BCUT2D eigenvalue weighted by molar-refractivity contribution is 7.89. The fraction of sp³-hybridized carbons (Fsp3) is 0.263. The third-order valence-electron chi connectivity index (χ3n) is 4.29. The number of nitrogens with one attached hydrogen (secondary N) is 2. The summed E-state index contributed by atoms with van der Waals surface area (Å²) in [6.07, 6.45) is 2.86. The molecule has 0 bridgehead atoms. The van der Waals surface area contributed by atoms with Crippen LogP contribution in [0.5, 0.6) is 0 Å². The molecule has 0 unspecified atom stereocenters. The van der Waals surface area contributed by atoms with E-state index in [0.29, 0.717) is 29.8 Å². The van der Waals surface area contributed by atoms with Gasteiger partial charge in [0.15, 0.2) is 5.78 Å². The van der Waals surface area contributed by atoms with Crippen LogP contribution in [-0.4, -0.2) is 38.1 Å². The predicted molar refractivity (Wildman–Crippen MR) is 107 cm³/mol. The van der Waals surface area contributed by atoms with Crippen LogP contribution in [-0.2, 0) is 14.8 Å². The van der Waals surface area contributed by atoms with Crippen molar-refractivity contribution in [1.82, 2.24) is 15.2 Å². The first-order valence-electron chi connectivity index (χ1n) is 8.75. The van der Waals surface area contributed by atoms with Crippen LogP contribution in [0.1, 0.15) is 28.1 Å². The summed E-state index contributed by atoms with van der Waals surface area (Å²) in [5.41, 5.74) is 3.62. The Bertz CT molecular complexity index is 981. The van der Waals surface area contributed by atoms with Gasteiger partial charge in [-0.3, -0.25) is 15.0 Å². The van der Waals surface area contributed by atoms with Gasteiger partial charge in [-0.1, -0.05) is 23.8 Å². The number of thiophene rings is 1. The molecule has 7 nitrogen and oxygen atoms in total. The Balaban J connectivity index is 1.60. The predicted octanol–water partition coefficient (Wildman–Crippen LogP) is 2.23. The summed E-state index contributed by atoms with van der Waals surface area (Å²) >= 11 is 1.38. The van der Waals surface area contributed by atoms with Crippen LogP contribution in [0, 0.1) is 6.92 Å². The quantitative estimate of drug-likeness (QED) is 0.530. The number of carbonyl (C=O) groups excluding carboxylic acids is 2. The molecule has 1 amide bonds. The topological polar surface area (TPSA) is 95.6 Å². The number of carbonyl (C=O) groups is 2. The number of amides is 1. The van der Waals surface area contributed by atoms with Gasteiger partial charge in [0.05, 0.1) is 16.3 Å². The molecule has 0 saturated heterocycles. The average molecular weight is 420 g/mol. The van der Waals surface area contributed by atoms with Gasteiger partial charge in [0.1, 0.15) is 0 Å². The largest absolute Gasteiger partial charge is 0.369 e. The summed E-state index contributed by atoms with van der Waals surface area (Å²) < 4.78 is 24.5. The van der Waals surface area contributed by atoms with E-state index in [9.17, 15) is 18.0 Å². The Morgan fingerprint density at radius 2 is 1.93 bits per heavy atom. The van der Waals surface area contributed by atoms with Gasteiger partial charge in [-0.15, -0.1) is 16.2 Å². The summed E-state index contributed by atoms with van der Waals surface area (Å²) in [5.74, 6) is -0.531. The molecule has 9 heteroatoms. The number of hydrogen-bond acceptors (Lipinski definition) is 6. The molecule has 0 aliphatic carbocycles. The molecule has 2 aromatic rings. The van der Waals surface area contributed by atoms with Crippen LogP contribution in [0.3, 0.4) is 0 Å². The minimum Gasteiger partial charge on any atom is -0.369 e. The Labute approximate surface area is 168 Å². The SMILES string of the molecule is Cc1ccc(S(=O)(=O)NNC(=O)C2=CN(CC(=O)c3cccs3)CCC2)cc1. The molecule has 0 fully saturated rings. The third kappa shape index (κ3) is 5.06. The molecule has 148 valence electrons. The molecule has 2 heterocycles. The number of ketones is 1. The maximum Gasteiger partial charge on any atom is 0.263 e. The zero-order valence-electron chi connectivity index (χ0n) is 15.3. The fourth-order valence-electron chi connectivity index (χ4n) is 2.79. The van der Waals surface area contributed by atoms with Gasteiger partial charge >= 0.3 is 0 Å². The van der Waals surface area contributed by atoms with Crippen molar-refractivity contribution in [2.75, 3.05) is 13.1 Å². The molecular weight excluding hydrogens is 398 g/mol. The van der Waals surface area contributed by atoms with E-state index < -0.39 is 15.9 Å². The van der Waals surface area contributed by atoms with Crippen molar-refractivity contribution in [1.29, 1.82) is 0 Å². The zero-order valence-corrected chi connectivity index (χ0v) is 17.0. The molecule has 0 saturated carbocycles.